The lowest BCUT2D eigenvalue weighted by Crippen LogP contribution is -2.32. The van der Waals surface area contributed by atoms with Crippen LogP contribution in [-0.2, 0) is 4.79 Å². The van der Waals surface area contributed by atoms with E-state index in [9.17, 15) is 18.0 Å². The number of hydrogen-bond acceptors (Lipinski definition) is 3. The molecule has 0 heterocycles. The van der Waals surface area contributed by atoms with Crippen LogP contribution in [0.25, 0.3) is 0 Å². The number of hydrogen-bond donors (Lipinski definition) is 2. The Morgan fingerprint density at radius 1 is 1.16 bits per heavy atom. The number of aryl methyl sites for hydroxylation is 1. The van der Waals surface area contributed by atoms with Crippen molar-refractivity contribution in [3.05, 3.63) is 53.1 Å². The van der Waals surface area contributed by atoms with E-state index in [1.807, 2.05) is 6.92 Å². The van der Waals surface area contributed by atoms with Crippen molar-refractivity contribution in [2.75, 3.05) is 10.6 Å². The SMILES string of the molecule is Cc1ccc(Cl)cc1NC(=O)C(C)Nc1ccc(OC(F)(F)F)cc1. The first-order valence-electron chi connectivity index (χ1n) is 7.33. The third kappa shape index (κ3) is 5.86. The molecule has 0 saturated carbocycles. The van der Waals surface area contributed by atoms with E-state index in [2.05, 4.69) is 15.4 Å². The van der Waals surface area contributed by atoms with Crippen molar-refractivity contribution in [2.24, 2.45) is 0 Å². The predicted molar refractivity (Wildman–Crippen MR) is 91.0 cm³/mol. The molecule has 0 aliphatic rings. The molecule has 0 aliphatic heterocycles. The number of amides is 1. The monoisotopic (exact) mass is 372 g/mol. The highest BCUT2D eigenvalue weighted by molar-refractivity contribution is 6.31. The van der Waals surface area contributed by atoms with Crippen LogP contribution in [0.15, 0.2) is 42.5 Å². The van der Waals surface area contributed by atoms with Crippen LogP contribution < -0.4 is 15.4 Å². The van der Waals surface area contributed by atoms with E-state index < -0.39 is 12.4 Å². The van der Waals surface area contributed by atoms with E-state index >= 15 is 0 Å². The van der Waals surface area contributed by atoms with Crippen molar-refractivity contribution in [3.63, 3.8) is 0 Å². The Bertz CT molecular complexity index is 749. The van der Waals surface area contributed by atoms with Crippen molar-refractivity contribution in [2.45, 2.75) is 26.3 Å². The lowest BCUT2D eigenvalue weighted by atomic mass is 10.2. The van der Waals surface area contributed by atoms with Crippen LogP contribution in [0.1, 0.15) is 12.5 Å². The Kier molecular flexibility index (Phi) is 5.79. The van der Waals surface area contributed by atoms with Crippen LogP contribution in [-0.4, -0.2) is 18.3 Å². The van der Waals surface area contributed by atoms with Gasteiger partial charge < -0.3 is 15.4 Å². The highest BCUT2D eigenvalue weighted by Crippen LogP contribution is 2.24. The van der Waals surface area contributed by atoms with Gasteiger partial charge in [0.1, 0.15) is 11.8 Å². The first-order chi connectivity index (χ1) is 11.6. The van der Waals surface area contributed by atoms with Gasteiger partial charge in [0.25, 0.3) is 0 Å². The topological polar surface area (TPSA) is 50.4 Å². The Labute approximate surface area is 147 Å². The largest absolute Gasteiger partial charge is 0.573 e. The number of carbonyl (C=O) groups excluding carboxylic acids is 1. The maximum Gasteiger partial charge on any atom is 0.573 e. The van der Waals surface area contributed by atoms with Crippen molar-refractivity contribution in [3.8, 4) is 5.75 Å². The minimum Gasteiger partial charge on any atom is -0.406 e. The molecule has 1 atom stereocenters. The van der Waals surface area contributed by atoms with Crippen LogP contribution in [0.2, 0.25) is 5.02 Å². The van der Waals surface area contributed by atoms with Gasteiger partial charge in [0.05, 0.1) is 0 Å². The first-order valence-corrected chi connectivity index (χ1v) is 7.71. The molecule has 25 heavy (non-hydrogen) atoms. The Morgan fingerprint density at radius 2 is 1.80 bits per heavy atom. The van der Waals surface area contributed by atoms with Crippen LogP contribution in [0.3, 0.4) is 0 Å². The fraction of sp³-hybridized carbons (Fsp3) is 0.235. The second kappa shape index (κ2) is 7.65. The lowest BCUT2D eigenvalue weighted by Gasteiger charge is -2.17. The Balaban J connectivity index is 1.97. The van der Waals surface area contributed by atoms with Crippen LogP contribution in [0, 0.1) is 6.92 Å². The fourth-order valence-corrected chi connectivity index (χ4v) is 2.21. The zero-order valence-electron chi connectivity index (χ0n) is 13.4. The van der Waals surface area contributed by atoms with Crippen LogP contribution in [0.5, 0.6) is 5.75 Å². The van der Waals surface area contributed by atoms with Gasteiger partial charge in [-0.2, -0.15) is 0 Å². The van der Waals surface area contributed by atoms with Crippen LogP contribution in [0.4, 0.5) is 24.5 Å². The summed E-state index contributed by atoms with van der Waals surface area (Å²) in [5.74, 6) is -0.634. The molecule has 2 N–H and O–H groups in total. The van der Waals surface area contributed by atoms with Gasteiger partial charge in [-0.15, -0.1) is 13.2 Å². The Hall–Kier alpha value is -2.41. The summed E-state index contributed by atoms with van der Waals surface area (Å²) in [5, 5.41) is 6.16. The summed E-state index contributed by atoms with van der Waals surface area (Å²) in [6, 6.07) is 9.67. The summed E-state index contributed by atoms with van der Waals surface area (Å²) in [5.41, 5.74) is 1.94. The summed E-state index contributed by atoms with van der Waals surface area (Å²) in [6.45, 7) is 3.47. The number of benzene rings is 2. The molecule has 134 valence electrons. The molecule has 8 heteroatoms. The Morgan fingerprint density at radius 3 is 2.40 bits per heavy atom. The highest BCUT2D eigenvalue weighted by Gasteiger charge is 2.31. The zero-order valence-corrected chi connectivity index (χ0v) is 14.2. The minimum absolute atomic E-state index is 0.305. The molecule has 2 aromatic rings. The molecule has 1 amide bonds. The molecular formula is C17H16ClF3N2O2. The number of alkyl halides is 3. The average molecular weight is 373 g/mol. The smallest absolute Gasteiger partial charge is 0.406 e. The van der Waals surface area contributed by atoms with Gasteiger partial charge in [0, 0.05) is 16.4 Å². The van der Waals surface area contributed by atoms with Gasteiger partial charge in [-0.1, -0.05) is 17.7 Å². The van der Waals surface area contributed by atoms with E-state index in [-0.39, 0.29) is 11.7 Å². The molecule has 4 nitrogen and oxygen atoms in total. The number of rotatable bonds is 5. The fourth-order valence-electron chi connectivity index (χ4n) is 2.04. The van der Waals surface area contributed by atoms with E-state index in [1.165, 1.54) is 24.3 Å². The van der Waals surface area contributed by atoms with Gasteiger partial charge in [-0.05, 0) is 55.8 Å². The molecule has 2 aromatic carbocycles. The summed E-state index contributed by atoms with van der Waals surface area (Å²) in [6.07, 6.45) is -4.74. The second-order valence-electron chi connectivity index (χ2n) is 5.39. The number of carbonyl (C=O) groups is 1. The quantitative estimate of drug-likeness (QED) is 0.777. The zero-order chi connectivity index (χ0) is 18.6. The minimum atomic E-state index is -4.74. The van der Waals surface area contributed by atoms with Gasteiger partial charge in [0.2, 0.25) is 5.91 Å². The summed E-state index contributed by atoms with van der Waals surface area (Å²) in [7, 11) is 0. The van der Waals surface area contributed by atoms with Gasteiger partial charge in [-0.3, -0.25) is 4.79 Å². The van der Waals surface area contributed by atoms with E-state index in [0.717, 1.165) is 5.56 Å². The van der Waals surface area contributed by atoms with Crippen molar-refractivity contribution < 1.29 is 22.7 Å². The molecule has 0 aliphatic carbocycles. The molecule has 0 aromatic heterocycles. The third-order valence-corrected chi connectivity index (χ3v) is 3.56. The maximum atomic E-state index is 12.2. The molecule has 2 rings (SSSR count). The van der Waals surface area contributed by atoms with E-state index in [4.69, 9.17) is 11.6 Å². The van der Waals surface area contributed by atoms with Crippen LogP contribution >= 0.6 is 11.6 Å². The van der Waals surface area contributed by atoms with Crippen molar-refractivity contribution >= 4 is 28.9 Å². The number of nitrogens with one attached hydrogen (secondary N) is 2. The molecule has 0 bridgehead atoms. The molecule has 0 spiro atoms. The normalized spacial score (nSPS) is 12.4. The summed E-state index contributed by atoms with van der Waals surface area (Å²) < 4.78 is 40.2. The second-order valence-corrected chi connectivity index (χ2v) is 5.82. The summed E-state index contributed by atoms with van der Waals surface area (Å²) in [4.78, 5) is 12.2. The van der Waals surface area contributed by atoms with Crippen molar-refractivity contribution in [1.82, 2.24) is 0 Å². The molecule has 0 radical (unpaired) electrons. The molecule has 0 fully saturated rings. The van der Waals surface area contributed by atoms with Gasteiger partial charge in [0.15, 0.2) is 0 Å². The molecule has 1 unspecified atom stereocenters. The third-order valence-electron chi connectivity index (χ3n) is 3.32. The highest BCUT2D eigenvalue weighted by atomic mass is 35.5. The lowest BCUT2D eigenvalue weighted by molar-refractivity contribution is -0.274. The maximum absolute atomic E-state index is 12.2. The number of anilines is 2. The van der Waals surface area contributed by atoms with Gasteiger partial charge >= 0.3 is 6.36 Å². The average Bonchev–Trinajstić information content (AvgIpc) is 2.51. The standard InChI is InChI=1S/C17H16ClF3N2O2/c1-10-3-4-12(18)9-15(10)23-16(24)11(2)22-13-5-7-14(8-6-13)25-17(19,20)21/h3-9,11,22H,1-2H3,(H,23,24). The van der Waals surface area contributed by atoms with E-state index in [1.54, 1.807) is 25.1 Å². The molecular weight excluding hydrogens is 357 g/mol. The molecule has 0 saturated heterocycles. The number of ether oxygens (including phenoxy) is 1. The van der Waals surface area contributed by atoms with Gasteiger partial charge in [-0.25, -0.2) is 0 Å². The number of halogens is 4. The van der Waals surface area contributed by atoms with E-state index in [0.29, 0.717) is 16.4 Å². The summed E-state index contributed by atoms with van der Waals surface area (Å²) >= 11 is 5.91. The van der Waals surface area contributed by atoms with Crippen molar-refractivity contribution in [1.29, 1.82) is 0 Å². The predicted octanol–water partition coefficient (Wildman–Crippen LogP) is 4.99. The first kappa shape index (κ1) is 18.9.